The third kappa shape index (κ3) is 4.87. The van der Waals surface area contributed by atoms with E-state index in [0.29, 0.717) is 12.6 Å². The van der Waals surface area contributed by atoms with E-state index in [9.17, 15) is 4.79 Å². The van der Waals surface area contributed by atoms with Crippen LogP contribution in [0.4, 0.5) is 0 Å². The van der Waals surface area contributed by atoms with Crippen LogP contribution in [0.25, 0.3) is 0 Å². The van der Waals surface area contributed by atoms with E-state index in [1.54, 1.807) is 19.0 Å². The smallest absolute Gasteiger partial charge is 0.243 e. The van der Waals surface area contributed by atoms with Crippen LogP contribution in [0.5, 0.6) is 5.75 Å². The number of amides is 1. The van der Waals surface area contributed by atoms with E-state index < -0.39 is 0 Å². The van der Waals surface area contributed by atoms with Crippen LogP contribution >= 0.6 is 0 Å². The number of likely N-dealkylation sites (N-methyl/N-ethyl adjacent to an activating group) is 1. The number of nitrogens with zero attached hydrogens (tertiary/aromatic N) is 4. The minimum atomic E-state index is 0.00519. The van der Waals surface area contributed by atoms with E-state index in [1.807, 2.05) is 18.2 Å². The van der Waals surface area contributed by atoms with Crippen LogP contribution in [-0.2, 0) is 9.53 Å². The molecule has 2 atom stereocenters. The summed E-state index contributed by atoms with van der Waals surface area (Å²) >= 11 is 0. The summed E-state index contributed by atoms with van der Waals surface area (Å²) in [6.07, 6.45) is 1.98. The van der Waals surface area contributed by atoms with Gasteiger partial charge in [0.2, 0.25) is 5.91 Å². The van der Waals surface area contributed by atoms with Gasteiger partial charge in [0, 0.05) is 58.3 Å². The highest BCUT2D eigenvalue weighted by Crippen LogP contribution is 2.32. The summed E-state index contributed by atoms with van der Waals surface area (Å²) in [5.41, 5.74) is 1.15. The molecule has 0 aliphatic carbocycles. The molecule has 164 valence electrons. The van der Waals surface area contributed by atoms with Crippen LogP contribution in [0.3, 0.4) is 0 Å². The average molecular weight is 416 g/mol. The lowest BCUT2D eigenvalue weighted by Crippen LogP contribution is -2.47. The maximum absolute atomic E-state index is 12.2. The lowest BCUT2D eigenvalue weighted by atomic mass is 10.0. The Morgan fingerprint density at radius 3 is 2.77 bits per heavy atom. The van der Waals surface area contributed by atoms with Crippen LogP contribution in [0.15, 0.2) is 29.3 Å². The van der Waals surface area contributed by atoms with Crippen LogP contribution in [0.1, 0.15) is 24.4 Å². The first-order valence-corrected chi connectivity index (χ1v) is 10.9. The topological polar surface area (TPSA) is 69.6 Å². The number of morpholine rings is 1. The molecule has 3 aliphatic rings. The molecule has 3 aliphatic heterocycles. The predicted molar refractivity (Wildman–Crippen MR) is 116 cm³/mol. The number of likely N-dealkylation sites (tertiary alicyclic amines) is 1. The van der Waals surface area contributed by atoms with Crippen molar-refractivity contribution in [1.29, 1.82) is 0 Å². The first kappa shape index (κ1) is 20.9. The molecular weight excluding hydrogens is 382 g/mol. The molecule has 2 saturated heterocycles. The predicted octanol–water partition coefficient (Wildman–Crippen LogP) is 0.951. The van der Waals surface area contributed by atoms with Gasteiger partial charge in [-0.15, -0.1) is 0 Å². The Labute approximate surface area is 178 Å². The number of benzene rings is 1. The van der Waals surface area contributed by atoms with Crippen LogP contribution in [0, 0.1) is 0 Å². The fourth-order valence-electron chi connectivity index (χ4n) is 4.34. The fourth-order valence-corrected chi connectivity index (χ4v) is 4.34. The highest BCUT2D eigenvalue weighted by molar-refractivity contribution is 5.85. The Balaban J connectivity index is 1.49. The number of para-hydroxylation sites is 1. The minimum absolute atomic E-state index is 0.00519. The Morgan fingerprint density at radius 1 is 1.17 bits per heavy atom. The van der Waals surface area contributed by atoms with Gasteiger partial charge in [0.25, 0.3) is 0 Å². The van der Waals surface area contributed by atoms with E-state index >= 15 is 0 Å². The van der Waals surface area contributed by atoms with E-state index in [1.165, 1.54) is 0 Å². The molecule has 0 radical (unpaired) electrons. The normalized spacial score (nSPS) is 24.9. The van der Waals surface area contributed by atoms with Gasteiger partial charge in [-0.1, -0.05) is 18.2 Å². The van der Waals surface area contributed by atoms with Crippen LogP contribution in [0.2, 0.25) is 0 Å². The molecule has 0 bridgehead atoms. The molecular formula is C22H33N5O3. The van der Waals surface area contributed by atoms with Crippen molar-refractivity contribution in [3.63, 3.8) is 0 Å². The number of guanidine groups is 1. The van der Waals surface area contributed by atoms with Crippen molar-refractivity contribution < 1.29 is 14.3 Å². The number of carbonyl (C=O) groups is 1. The summed E-state index contributed by atoms with van der Waals surface area (Å²) in [6, 6.07) is 8.80. The zero-order chi connectivity index (χ0) is 20.9. The Bertz CT molecular complexity index is 763. The highest BCUT2D eigenvalue weighted by Gasteiger charge is 2.32. The number of rotatable bonds is 4. The average Bonchev–Trinajstić information content (AvgIpc) is 3.27. The molecule has 3 heterocycles. The van der Waals surface area contributed by atoms with Gasteiger partial charge >= 0.3 is 0 Å². The van der Waals surface area contributed by atoms with E-state index in [-0.39, 0.29) is 18.5 Å². The molecule has 0 saturated carbocycles. The Kier molecular flexibility index (Phi) is 6.74. The first-order valence-electron chi connectivity index (χ1n) is 10.9. The Morgan fingerprint density at radius 2 is 1.97 bits per heavy atom. The standard InChI is InChI=1S/C22H33N5O3/c1-25(2)21(28)15-23-22(24-19-8-12-30-20-6-4-3-5-18(19)20)27-9-7-17(16-27)26-10-13-29-14-11-26/h3-6,17,19H,7-16H2,1-2H3,(H,23,24). The van der Waals surface area contributed by atoms with Crippen molar-refractivity contribution in [3.8, 4) is 5.75 Å². The first-order chi connectivity index (χ1) is 14.6. The Hall–Kier alpha value is -2.32. The highest BCUT2D eigenvalue weighted by atomic mass is 16.5. The van der Waals surface area contributed by atoms with Crippen molar-refractivity contribution >= 4 is 11.9 Å². The maximum atomic E-state index is 12.2. The van der Waals surface area contributed by atoms with E-state index in [2.05, 4.69) is 21.2 Å². The summed E-state index contributed by atoms with van der Waals surface area (Å²) in [4.78, 5) is 23.3. The SMILES string of the molecule is CN(C)C(=O)CN=C(NC1CCOc2ccccc21)N1CCC(N2CCOCC2)C1. The van der Waals surface area contributed by atoms with E-state index in [0.717, 1.165) is 69.5 Å². The summed E-state index contributed by atoms with van der Waals surface area (Å²) < 4.78 is 11.3. The van der Waals surface area contributed by atoms with Gasteiger partial charge in [0.1, 0.15) is 12.3 Å². The maximum Gasteiger partial charge on any atom is 0.243 e. The number of nitrogens with one attached hydrogen (secondary N) is 1. The number of hydrogen-bond donors (Lipinski definition) is 1. The summed E-state index contributed by atoms with van der Waals surface area (Å²) in [5.74, 6) is 1.76. The number of carbonyl (C=O) groups excluding carboxylic acids is 1. The van der Waals surface area contributed by atoms with Crippen molar-refractivity contribution in [2.75, 3.05) is 66.6 Å². The molecule has 30 heavy (non-hydrogen) atoms. The van der Waals surface area contributed by atoms with Gasteiger partial charge in [-0.3, -0.25) is 9.69 Å². The molecule has 2 unspecified atom stereocenters. The van der Waals surface area contributed by atoms with Crippen molar-refractivity contribution in [3.05, 3.63) is 29.8 Å². The van der Waals surface area contributed by atoms with Crippen molar-refractivity contribution in [2.45, 2.75) is 24.9 Å². The van der Waals surface area contributed by atoms with Gasteiger partial charge in [-0.25, -0.2) is 4.99 Å². The second-order valence-electron chi connectivity index (χ2n) is 8.34. The molecule has 8 heteroatoms. The van der Waals surface area contributed by atoms with Gasteiger partial charge in [-0.2, -0.15) is 0 Å². The van der Waals surface area contributed by atoms with Crippen molar-refractivity contribution in [2.24, 2.45) is 4.99 Å². The summed E-state index contributed by atoms with van der Waals surface area (Å²) in [7, 11) is 3.54. The van der Waals surface area contributed by atoms with Crippen LogP contribution in [-0.4, -0.2) is 99.2 Å². The second kappa shape index (κ2) is 9.66. The zero-order valence-corrected chi connectivity index (χ0v) is 18.0. The molecule has 8 nitrogen and oxygen atoms in total. The number of hydrogen-bond acceptors (Lipinski definition) is 5. The second-order valence-corrected chi connectivity index (χ2v) is 8.34. The molecule has 2 fully saturated rings. The summed E-state index contributed by atoms with van der Waals surface area (Å²) in [6.45, 7) is 6.29. The molecule has 1 aromatic rings. The van der Waals surface area contributed by atoms with E-state index in [4.69, 9.17) is 14.5 Å². The number of fused-ring (bicyclic) bond motifs is 1. The van der Waals surface area contributed by atoms with Gasteiger partial charge in [0.05, 0.1) is 25.9 Å². The fraction of sp³-hybridized carbons (Fsp3) is 0.636. The number of ether oxygens (including phenoxy) is 2. The molecule has 1 aromatic carbocycles. The number of aliphatic imine (C=N–C) groups is 1. The molecule has 1 amide bonds. The third-order valence-corrected chi connectivity index (χ3v) is 6.15. The molecule has 1 N–H and O–H groups in total. The zero-order valence-electron chi connectivity index (χ0n) is 18.0. The lowest BCUT2D eigenvalue weighted by Gasteiger charge is -2.33. The van der Waals surface area contributed by atoms with Crippen molar-refractivity contribution in [1.82, 2.24) is 20.0 Å². The molecule has 0 spiro atoms. The summed E-state index contributed by atoms with van der Waals surface area (Å²) in [5, 5.41) is 3.65. The monoisotopic (exact) mass is 415 g/mol. The minimum Gasteiger partial charge on any atom is -0.493 e. The largest absolute Gasteiger partial charge is 0.493 e. The van der Waals surface area contributed by atoms with Gasteiger partial charge in [-0.05, 0) is 12.5 Å². The van der Waals surface area contributed by atoms with Gasteiger partial charge < -0.3 is 24.6 Å². The lowest BCUT2D eigenvalue weighted by molar-refractivity contribution is -0.127. The molecule has 0 aromatic heterocycles. The third-order valence-electron chi connectivity index (χ3n) is 6.15. The quantitative estimate of drug-likeness (QED) is 0.583. The van der Waals surface area contributed by atoms with Crippen LogP contribution < -0.4 is 10.1 Å². The van der Waals surface area contributed by atoms with Gasteiger partial charge in [0.15, 0.2) is 5.96 Å². The molecule has 4 rings (SSSR count).